The van der Waals surface area contributed by atoms with E-state index in [1.54, 1.807) is 6.20 Å². The van der Waals surface area contributed by atoms with Gasteiger partial charge in [-0.1, -0.05) is 5.16 Å². The molecule has 0 fully saturated rings. The molecule has 84 valence electrons. The summed E-state index contributed by atoms with van der Waals surface area (Å²) in [5.41, 5.74) is 5.45. The molecule has 0 aliphatic heterocycles. The molecule has 0 saturated heterocycles. The van der Waals surface area contributed by atoms with E-state index >= 15 is 0 Å². The highest BCUT2D eigenvalue weighted by atomic mass is 16.4. The fraction of sp³-hybridized carbons (Fsp3) is 0.556. The van der Waals surface area contributed by atoms with Crippen LogP contribution in [0.1, 0.15) is 13.8 Å². The summed E-state index contributed by atoms with van der Waals surface area (Å²) in [6.45, 7) is 4.60. The van der Waals surface area contributed by atoms with Gasteiger partial charge >= 0.3 is 0 Å². The van der Waals surface area contributed by atoms with Crippen LogP contribution in [-0.2, 0) is 6.54 Å². The van der Waals surface area contributed by atoms with Crippen LogP contribution in [0.3, 0.4) is 0 Å². The van der Waals surface area contributed by atoms with Gasteiger partial charge in [-0.2, -0.15) is 5.10 Å². The van der Waals surface area contributed by atoms with Crippen molar-refractivity contribution in [1.82, 2.24) is 15.1 Å². The fourth-order valence-corrected chi connectivity index (χ4v) is 1.34. The fourth-order valence-electron chi connectivity index (χ4n) is 1.34. The Morgan fingerprint density at radius 3 is 2.93 bits per heavy atom. The Hall–Kier alpha value is -1.56. The largest absolute Gasteiger partial charge is 0.409 e. The first-order valence-corrected chi connectivity index (χ1v) is 4.84. The maximum atomic E-state index is 8.48. The zero-order valence-corrected chi connectivity index (χ0v) is 8.96. The van der Waals surface area contributed by atoms with Crippen LogP contribution >= 0.6 is 0 Å². The molecule has 2 unspecified atom stereocenters. The van der Waals surface area contributed by atoms with Crippen molar-refractivity contribution in [2.24, 2.45) is 10.9 Å². The highest BCUT2D eigenvalue weighted by molar-refractivity contribution is 5.84. The summed E-state index contributed by atoms with van der Waals surface area (Å²) in [4.78, 5) is 0. The standard InChI is InChI=1S/C9H17N5O/c1-7(6-14-5-3-4-11-14)12-8(2)9(10)13-15/h3-5,7-8,12,15H,6H2,1-2H3,(H2,10,13). The van der Waals surface area contributed by atoms with Gasteiger partial charge in [0.05, 0.1) is 12.6 Å². The second kappa shape index (κ2) is 5.35. The molecule has 0 saturated carbocycles. The lowest BCUT2D eigenvalue weighted by molar-refractivity contribution is 0.313. The molecule has 0 radical (unpaired) electrons. The van der Waals surface area contributed by atoms with E-state index in [9.17, 15) is 0 Å². The molecule has 0 amide bonds. The minimum Gasteiger partial charge on any atom is -0.409 e. The molecular formula is C9H17N5O. The van der Waals surface area contributed by atoms with Crippen molar-refractivity contribution >= 4 is 5.84 Å². The van der Waals surface area contributed by atoms with Gasteiger partial charge < -0.3 is 16.3 Å². The van der Waals surface area contributed by atoms with Crippen molar-refractivity contribution < 1.29 is 5.21 Å². The summed E-state index contributed by atoms with van der Waals surface area (Å²) in [6, 6.07) is 1.92. The van der Waals surface area contributed by atoms with E-state index in [0.717, 1.165) is 6.54 Å². The van der Waals surface area contributed by atoms with Crippen molar-refractivity contribution in [3.05, 3.63) is 18.5 Å². The number of oxime groups is 1. The van der Waals surface area contributed by atoms with E-state index in [1.807, 2.05) is 30.8 Å². The Bertz CT molecular complexity index is 308. The lowest BCUT2D eigenvalue weighted by atomic mass is 10.2. The van der Waals surface area contributed by atoms with Gasteiger partial charge in [0, 0.05) is 18.4 Å². The molecule has 1 aromatic rings. The molecule has 4 N–H and O–H groups in total. The molecule has 0 spiro atoms. The van der Waals surface area contributed by atoms with E-state index in [0.29, 0.717) is 0 Å². The maximum Gasteiger partial charge on any atom is 0.156 e. The van der Waals surface area contributed by atoms with E-state index < -0.39 is 0 Å². The number of aromatic nitrogens is 2. The van der Waals surface area contributed by atoms with Crippen molar-refractivity contribution in [3.8, 4) is 0 Å². The Kier molecular flexibility index (Phi) is 4.11. The summed E-state index contributed by atoms with van der Waals surface area (Å²) in [5.74, 6) is 0.183. The van der Waals surface area contributed by atoms with Crippen LogP contribution in [0, 0.1) is 0 Å². The van der Waals surface area contributed by atoms with Crippen LogP contribution < -0.4 is 11.1 Å². The van der Waals surface area contributed by atoms with Crippen LogP contribution in [-0.4, -0.2) is 32.9 Å². The number of hydrogen-bond acceptors (Lipinski definition) is 4. The SMILES string of the molecule is CC(Cn1cccn1)NC(C)C(N)=NO. The van der Waals surface area contributed by atoms with Crippen LogP contribution in [0.15, 0.2) is 23.6 Å². The lowest BCUT2D eigenvalue weighted by Gasteiger charge is -2.18. The molecule has 1 heterocycles. The summed E-state index contributed by atoms with van der Waals surface area (Å²) < 4.78 is 1.83. The van der Waals surface area contributed by atoms with Crippen LogP contribution in [0.2, 0.25) is 0 Å². The Morgan fingerprint density at radius 1 is 1.67 bits per heavy atom. The van der Waals surface area contributed by atoms with Crippen molar-refractivity contribution in [2.45, 2.75) is 32.5 Å². The van der Waals surface area contributed by atoms with Gasteiger partial charge in [0.2, 0.25) is 0 Å². The monoisotopic (exact) mass is 211 g/mol. The summed E-state index contributed by atoms with van der Waals surface area (Å²) in [7, 11) is 0. The predicted molar refractivity (Wildman–Crippen MR) is 57.7 cm³/mol. The number of nitrogens with zero attached hydrogens (tertiary/aromatic N) is 3. The third-order valence-corrected chi connectivity index (χ3v) is 2.11. The minimum absolute atomic E-state index is 0.152. The van der Waals surface area contributed by atoms with Crippen molar-refractivity contribution in [1.29, 1.82) is 0 Å². The molecular weight excluding hydrogens is 194 g/mol. The third kappa shape index (κ3) is 3.59. The zero-order chi connectivity index (χ0) is 11.3. The van der Waals surface area contributed by atoms with E-state index in [2.05, 4.69) is 15.6 Å². The van der Waals surface area contributed by atoms with E-state index in [1.165, 1.54) is 0 Å². The minimum atomic E-state index is -0.152. The molecule has 1 rings (SSSR count). The first-order chi connectivity index (χ1) is 7.13. The van der Waals surface area contributed by atoms with Gasteiger partial charge in [0.25, 0.3) is 0 Å². The molecule has 0 aliphatic carbocycles. The third-order valence-electron chi connectivity index (χ3n) is 2.11. The number of nitrogens with one attached hydrogen (secondary N) is 1. The number of amidine groups is 1. The van der Waals surface area contributed by atoms with E-state index in [-0.39, 0.29) is 17.9 Å². The summed E-state index contributed by atoms with van der Waals surface area (Å²) >= 11 is 0. The second-order valence-electron chi connectivity index (χ2n) is 3.54. The normalized spacial score (nSPS) is 16.3. The number of nitrogens with two attached hydrogens (primary N) is 1. The summed E-state index contributed by atoms with van der Waals surface area (Å²) in [6.07, 6.45) is 3.63. The molecule has 15 heavy (non-hydrogen) atoms. The highest BCUT2D eigenvalue weighted by Gasteiger charge is 2.11. The van der Waals surface area contributed by atoms with Gasteiger partial charge in [0.15, 0.2) is 5.84 Å². The first-order valence-electron chi connectivity index (χ1n) is 4.84. The average Bonchev–Trinajstić information content (AvgIpc) is 2.68. The molecule has 2 atom stereocenters. The molecule has 0 aromatic carbocycles. The van der Waals surface area contributed by atoms with Gasteiger partial charge in [-0.3, -0.25) is 4.68 Å². The quantitative estimate of drug-likeness (QED) is 0.277. The van der Waals surface area contributed by atoms with Crippen LogP contribution in [0.4, 0.5) is 0 Å². The number of rotatable bonds is 5. The van der Waals surface area contributed by atoms with Gasteiger partial charge in [-0.25, -0.2) is 0 Å². The molecule has 6 heteroatoms. The zero-order valence-electron chi connectivity index (χ0n) is 8.96. The Morgan fingerprint density at radius 2 is 2.40 bits per heavy atom. The Labute approximate surface area is 88.8 Å². The predicted octanol–water partition coefficient (Wildman–Crippen LogP) is -0.00390. The smallest absolute Gasteiger partial charge is 0.156 e. The topological polar surface area (TPSA) is 88.5 Å². The van der Waals surface area contributed by atoms with Crippen molar-refractivity contribution in [2.75, 3.05) is 0 Å². The molecule has 6 nitrogen and oxygen atoms in total. The molecule has 1 aromatic heterocycles. The van der Waals surface area contributed by atoms with Gasteiger partial charge in [-0.05, 0) is 19.9 Å². The van der Waals surface area contributed by atoms with Gasteiger partial charge in [0.1, 0.15) is 0 Å². The second-order valence-corrected chi connectivity index (χ2v) is 3.54. The number of hydrogen-bond donors (Lipinski definition) is 3. The highest BCUT2D eigenvalue weighted by Crippen LogP contribution is 1.93. The Balaban J connectivity index is 2.39. The lowest BCUT2D eigenvalue weighted by Crippen LogP contribution is -2.45. The van der Waals surface area contributed by atoms with Crippen LogP contribution in [0.25, 0.3) is 0 Å². The van der Waals surface area contributed by atoms with Crippen molar-refractivity contribution in [3.63, 3.8) is 0 Å². The molecule has 0 aliphatic rings. The average molecular weight is 211 g/mol. The summed E-state index contributed by atoms with van der Waals surface area (Å²) in [5, 5.41) is 18.7. The van der Waals surface area contributed by atoms with Gasteiger partial charge in [-0.15, -0.1) is 0 Å². The first kappa shape index (κ1) is 11.5. The maximum absolute atomic E-state index is 8.48. The van der Waals surface area contributed by atoms with E-state index in [4.69, 9.17) is 10.9 Å². The van der Waals surface area contributed by atoms with Crippen LogP contribution in [0.5, 0.6) is 0 Å². The molecule has 0 bridgehead atoms.